The van der Waals surface area contributed by atoms with Crippen molar-refractivity contribution in [1.82, 2.24) is 14.5 Å². The Morgan fingerprint density at radius 2 is 1.85 bits per heavy atom. The fourth-order valence-corrected chi connectivity index (χ4v) is 5.21. The zero-order valence-electron chi connectivity index (χ0n) is 18.2. The number of anilines is 1. The van der Waals surface area contributed by atoms with Gasteiger partial charge in [-0.15, -0.1) is 0 Å². The Bertz CT molecular complexity index is 1410. The number of nitrogens with zero attached hydrogens (tertiary/aromatic N) is 2. The highest BCUT2D eigenvalue weighted by Gasteiger charge is 2.28. The van der Waals surface area contributed by atoms with Gasteiger partial charge in [0.2, 0.25) is 10.0 Å². The van der Waals surface area contributed by atoms with Crippen LogP contribution in [0.5, 0.6) is 0 Å². The number of aryl methyl sites for hydroxylation is 1. The van der Waals surface area contributed by atoms with Crippen LogP contribution in [-0.2, 0) is 24.3 Å². The lowest BCUT2D eigenvalue weighted by molar-refractivity contribution is -0.119. The predicted octanol–water partition coefficient (Wildman–Crippen LogP) is 1.05. The minimum Gasteiger partial charge on any atom is -0.451 e. The van der Waals surface area contributed by atoms with E-state index in [1.807, 2.05) is 0 Å². The van der Waals surface area contributed by atoms with Crippen molar-refractivity contribution < 1.29 is 27.5 Å². The summed E-state index contributed by atoms with van der Waals surface area (Å²) >= 11 is 0. The number of carbonyl (C=O) groups is 2. The van der Waals surface area contributed by atoms with E-state index in [-0.39, 0.29) is 34.8 Å². The van der Waals surface area contributed by atoms with E-state index < -0.39 is 34.1 Å². The van der Waals surface area contributed by atoms with Crippen LogP contribution < -0.4 is 10.9 Å². The molecule has 0 aliphatic carbocycles. The monoisotopic (exact) mass is 486 g/mol. The third-order valence-electron chi connectivity index (χ3n) is 5.28. The Morgan fingerprint density at radius 3 is 2.59 bits per heavy atom. The molecule has 11 nitrogen and oxygen atoms in total. The van der Waals surface area contributed by atoms with Crippen molar-refractivity contribution in [3.63, 3.8) is 0 Å². The third kappa shape index (κ3) is 4.83. The fourth-order valence-electron chi connectivity index (χ4n) is 3.55. The number of carbonyl (C=O) groups excluding carboxylic acids is 2. The highest BCUT2D eigenvalue weighted by molar-refractivity contribution is 7.89. The second-order valence-corrected chi connectivity index (χ2v) is 9.47. The quantitative estimate of drug-likeness (QED) is 0.491. The number of esters is 1. The van der Waals surface area contributed by atoms with E-state index in [1.54, 1.807) is 43.3 Å². The molecule has 0 saturated carbocycles. The van der Waals surface area contributed by atoms with E-state index in [0.29, 0.717) is 24.2 Å². The van der Waals surface area contributed by atoms with E-state index in [1.165, 1.54) is 10.4 Å². The number of amides is 1. The summed E-state index contributed by atoms with van der Waals surface area (Å²) in [6.45, 7) is 2.18. The van der Waals surface area contributed by atoms with Gasteiger partial charge in [0, 0.05) is 24.2 Å². The van der Waals surface area contributed by atoms with Crippen LogP contribution in [-0.4, -0.2) is 67.7 Å². The fraction of sp³-hybridized carbons (Fsp3) is 0.273. The maximum absolute atomic E-state index is 13.0. The van der Waals surface area contributed by atoms with Gasteiger partial charge in [0.1, 0.15) is 0 Å². The van der Waals surface area contributed by atoms with Crippen molar-refractivity contribution in [2.75, 3.05) is 38.2 Å². The van der Waals surface area contributed by atoms with Crippen LogP contribution in [0.3, 0.4) is 0 Å². The van der Waals surface area contributed by atoms with Crippen molar-refractivity contribution in [3.8, 4) is 0 Å². The summed E-state index contributed by atoms with van der Waals surface area (Å²) in [7, 11) is -3.76. The summed E-state index contributed by atoms with van der Waals surface area (Å²) < 4.78 is 37.6. The Balaban J connectivity index is 1.45. The van der Waals surface area contributed by atoms with Gasteiger partial charge in [-0.05, 0) is 30.7 Å². The molecule has 1 amide bonds. The molecule has 1 aromatic heterocycles. The number of ether oxygens (including phenoxy) is 2. The van der Waals surface area contributed by atoms with Crippen LogP contribution in [0, 0.1) is 6.92 Å². The first-order valence-corrected chi connectivity index (χ1v) is 11.8. The molecule has 0 unspecified atom stereocenters. The first kappa shape index (κ1) is 23.5. The number of hydrogen-bond donors (Lipinski definition) is 2. The van der Waals surface area contributed by atoms with Crippen LogP contribution in [0.2, 0.25) is 0 Å². The van der Waals surface area contributed by atoms with Crippen LogP contribution in [0.25, 0.3) is 10.8 Å². The maximum Gasteiger partial charge on any atom is 0.359 e. The number of sulfonamides is 1. The molecule has 3 aromatic rings. The van der Waals surface area contributed by atoms with Crippen LogP contribution >= 0.6 is 0 Å². The van der Waals surface area contributed by atoms with Crippen molar-refractivity contribution in [1.29, 1.82) is 0 Å². The molecule has 2 aromatic carbocycles. The molecule has 2 N–H and O–H groups in total. The van der Waals surface area contributed by atoms with Crippen molar-refractivity contribution in [2.45, 2.75) is 11.8 Å². The highest BCUT2D eigenvalue weighted by Crippen LogP contribution is 2.24. The molecule has 0 bridgehead atoms. The van der Waals surface area contributed by atoms with Gasteiger partial charge in [0.15, 0.2) is 12.3 Å². The molecule has 2 heterocycles. The van der Waals surface area contributed by atoms with Gasteiger partial charge in [-0.3, -0.25) is 9.59 Å². The molecular weight excluding hydrogens is 464 g/mol. The lowest BCUT2D eigenvalue weighted by Crippen LogP contribution is -2.40. The molecule has 1 aliphatic rings. The summed E-state index contributed by atoms with van der Waals surface area (Å²) in [5, 5.41) is 9.07. The molecule has 0 spiro atoms. The first-order valence-electron chi connectivity index (χ1n) is 10.4. The van der Waals surface area contributed by atoms with Crippen LogP contribution in [0.15, 0.2) is 52.2 Å². The lowest BCUT2D eigenvalue weighted by Gasteiger charge is -2.26. The molecule has 178 valence electrons. The van der Waals surface area contributed by atoms with E-state index >= 15 is 0 Å². The van der Waals surface area contributed by atoms with Gasteiger partial charge in [-0.1, -0.05) is 24.3 Å². The molecule has 0 atom stereocenters. The molecule has 1 aliphatic heterocycles. The van der Waals surface area contributed by atoms with Gasteiger partial charge >= 0.3 is 5.97 Å². The van der Waals surface area contributed by atoms with E-state index in [9.17, 15) is 22.8 Å². The molecule has 1 fully saturated rings. The second kappa shape index (κ2) is 9.71. The standard InChI is InChI=1S/C22H22N4O7S/c1-14-6-7-15(12-18(14)34(30,31)26-8-10-32-11-9-26)23-19(27)13-33-22(29)20-16-4-2-3-5-17(16)21(28)25-24-20/h2-7,12H,8-11,13H2,1H3,(H,23,27)(H,25,28). The lowest BCUT2D eigenvalue weighted by atomic mass is 10.1. The van der Waals surface area contributed by atoms with Gasteiger partial charge in [0.25, 0.3) is 11.5 Å². The SMILES string of the molecule is Cc1ccc(NC(=O)COC(=O)c2n[nH]c(=O)c3ccccc23)cc1S(=O)(=O)N1CCOCC1. The van der Waals surface area contributed by atoms with Gasteiger partial charge < -0.3 is 14.8 Å². The average Bonchev–Trinajstić information content (AvgIpc) is 2.84. The Hall–Kier alpha value is -3.61. The Labute approximate surface area is 194 Å². The van der Waals surface area contributed by atoms with E-state index in [2.05, 4.69) is 15.5 Å². The molecule has 0 radical (unpaired) electrons. The van der Waals surface area contributed by atoms with Crippen LogP contribution in [0.4, 0.5) is 5.69 Å². The molecule has 1 saturated heterocycles. The minimum absolute atomic E-state index is 0.0769. The molecule has 12 heteroatoms. The normalized spacial score (nSPS) is 14.6. The number of H-pyrrole nitrogens is 1. The first-order chi connectivity index (χ1) is 16.3. The van der Waals surface area contributed by atoms with Crippen LogP contribution in [0.1, 0.15) is 16.1 Å². The van der Waals surface area contributed by atoms with Crippen molar-refractivity contribution in [2.24, 2.45) is 0 Å². The zero-order chi connectivity index (χ0) is 24.3. The summed E-state index contributed by atoms with van der Waals surface area (Å²) in [5.41, 5.74) is 0.197. The van der Waals surface area contributed by atoms with Gasteiger partial charge in [-0.2, -0.15) is 9.40 Å². The number of aromatic amines is 1. The number of morpholine rings is 1. The van der Waals surface area contributed by atoms with Gasteiger partial charge in [0.05, 0.1) is 23.5 Å². The minimum atomic E-state index is -3.76. The zero-order valence-corrected chi connectivity index (χ0v) is 19.1. The topological polar surface area (TPSA) is 148 Å². The Morgan fingerprint density at radius 1 is 1.15 bits per heavy atom. The summed E-state index contributed by atoms with van der Waals surface area (Å²) in [6, 6.07) is 10.9. The average molecular weight is 487 g/mol. The Kier molecular flexibility index (Phi) is 6.72. The van der Waals surface area contributed by atoms with Crippen molar-refractivity contribution >= 4 is 38.4 Å². The largest absolute Gasteiger partial charge is 0.451 e. The number of hydrogen-bond acceptors (Lipinski definition) is 8. The highest BCUT2D eigenvalue weighted by atomic mass is 32.2. The number of aromatic nitrogens is 2. The number of fused-ring (bicyclic) bond motifs is 1. The van der Waals surface area contributed by atoms with E-state index in [4.69, 9.17) is 9.47 Å². The smallest absolute Gasteiger partial charge is 0.359 e. The van der Waals surface area contributed by atoms with E-state index in [0.717, 1.165) is 0 Å². The molecule has 4 rings (SSSR count). The summed E-state index contributed by atoms with van der Waals surface area (Å²) in [4.78, 5) is 36.8. The third-order valence-corrected chi connectivity index (χ3v) is 7.32. The van der Waals surface area contributed by atoms with Gasteiger partial charge in [-0.25, -0.2) is 18.3 Å². The summed E-state index contributed by atoms with van der Waals surface area (Å²) in [6.07, 6.45) is 0. The summed E-state index contributed by atoms with van der Waals surface area (Å²) in [5.74, 6) is -1.55. The molecule has 34 heavy (non-hydrogen) atoms. The number of rotatable bonds is 6. The predicted molar refractivity (Wildman–Crippen MR) is 122 cm³/mol. The second-order valence-electron chi connectivity index (χ2n) is 7.57. The van der Waals surface area contributed by atoms with Crippen molar-refractivity contribution in [3.05, 3.63) is 64.1 Å². The maximum atomic E-state index is 13.0. The number of benzene rings is 2. The molecular formula is C22H22N4O7S. The number of nitrogens with one attached hydrogen (secondary N) is 2.